The summed E-state index contributed by atoms with van der Waals surface area (Å²) >= 11 is 0. The van der Waals surface area contributed by atoms with E-state index in [0.717, 1.165) is 0 Å². The number of anilines is 1. The molecule has 6 nitrogen and oxygen atoms in total. The van der Waals surface area contributed by atoms with Crippen LogP contribution >= 0.6 is 0 Å². The van der Waals surface area contributed by atoms with E-state index in [1.54, 1.807) is 0 Å². The number of nitro benzene ring substituents is 1. The predicted octanol–water partition coefficient (Wildman–Crippen LogP) is 1.93. The van der Waals surface area contributed by atoms with Gasteiger partial charge in [-0.1, -0.05) is 0 Å². The van der Waals surface area contributed by atoms with E-state index in [2.05, 4.69) is 0 Å². The molecule has 0 unspecified atom stereocenters. The molecule has 0 saturated heterocycles. The lowest BCUT2D eigenvalue weighted by atomic mass is 10.2. The topological polar surface area (TPSA) is 91.5 Å². The van der Waals surface area contributed by atoms with Gasteiger partial charge in [-0.2, -0.15) is 0 Å². The fraction of sp³-hybridized carbons (Fsp3) is 0.111. The maximum atomic E-state index is 10.7. The summed E-state index contributed by atoms with van der Waals surface area (Å²) in [7, 11) is 1.37. The summed E-state index contributed by atoms with van der Waals surface area (Å²) in [5, 5.41) is 11.2. The number of nitrogen functional groups attached to an aromatic ring is 1. The van der Waals surface area contributed by atoms with Crippen LogP contribution < -0.4 is 10.5 Å². The monoisotopic (exact) mass is 208 g/mol. The van der Waals surface area contributed by atoms with E-state index in [-0.39, 0.29) is 17.3 Å². The number of ether oxygens (including phenoxy) is 1. The van der Waals surface area contributed by atoms with Crippen LogP contribution in [0.5, 0.6) is 5.75 Å². The number of hydrogen-bond acceptors (Lipinski definition) is 5. The van der Waals surface area contributed by atoms with Crippen molar-refractivity contribution in [3.8, 4) is 5.75 Å². The number of furan rings is 1. The fourth-order valence-corrected chi connectivity index (χ4v) is 1.45. The maximum absolute atomic E-state index is 10.7. The molecule has 1 aromatic heterocycles. The van der Waals surface area contributed by atoms with Crippen molar-refractivity contribution in [3.05, 3.63) is 28.3 Å². The first-order valence-corrected chi connectivity index (χ1v) is 4.14. The molecule has 2 rings (SSSR count). The highest BCUT2D eigenvalue weighted by atomic mass is 16.6. The minimum Gasteiger partial charge on any atom is -0.490 e. The molecule has 78 valence electrons. The van der Waals surface area contributed by atoms with E-state index < -0.39 is 4.92 Å². The molecule has 15 heavy (non-hydrogen) atoms. The van der Waals surface area contributed by atoms with Crippen LogP contribution in [0.1, 0.15) is 0 Å². The van der Waals surface area contributed by atoms with Crippen molar-refractivity contribution in [2.75, 3.05) is 12.8 Å². The summed E-state index contributed by atoms with van der Waals surface area (Å²) in [5.74, 6) is 0.363. The Kier molecular flexibility index (Phi) is 1.96. The number of methoxy groups -OCH3 is 1. The predicted molar refractivity (Wildman–Crippen MR) is 53.8 cm³/mol. The molecule has 0 radical (unpaired) electrons. The van der Waals surface area contributed by atoms with Crippen molar-refractivity contribution in [3.63, 3.8) is 0 Å². The van der Waals surface area contributed by atoms with Gasteiger partial charge < -0.3 is 14.9 Å². The highest BCUT2D eigenvalue weighted by molar-refractivity contribution is 5.90. The van der Waals surface area contributed by atoms with Crippen LogP contribution in [0.4, 0.5) is 11.6 Å². The molecular formula is C9H8N2O4. The molecule has 0 amide bonds. The molecule has 2 N–H and O–H groups in total. The third kappa shape index (κ3) is 1.35. The van der Waals surface area contributed by atoms with E-state index in [0.29, 0.717) is 11.0 Å². The van der Waals surface area contributed by atoms with Crippen LogP contribution in [-0.2, 0) is 0 Å². The van der Waals surface area contributed by atoms with Crippen LogP contribution in [0.2, 0.25) is 0 Å². The van der Waals surface area contributed by atoms with Gasteiger partial charge in [0.2, 0.25) is 5.75 Å². The van der Waals surface area contributed by atoms with Gasteiger partial charge in [0.05, 0.1) is 17.4 Å². The second-order valence-corrected chi connectivity index (χ2v) is 2.94. The lowest BCUT2D eigenvalue weighted by molar-refractivity contribution is -0.385. The molecule has 0 fully saturated rings. The standard InChI is InChI=1S/C9H8N2O4/c1-14-9-5-4-8(10)15-7(5)3-2-6(9)11(12)13/h2-4H,10H2,1H3. The Hall–Kier alpha value is -2.24. The van der Waals surface area contributed by atoms with Crippen molar-refractivity contribution in [2.45, 2.75) is 0 Å². The van der Waals surface area contributed by atoms with Crippen LogP contribution in [0.15, 0.2) is 22.6 Å². The lowest BCUT2D eigenvalue weighted by Gasteiger charge is -2.01. The number of rotatable bonds is 2. The van der Waals surface area contributed by atoms with E-state index in [4.69, 9.17) is 14.9 Å². The smallest absolute Gasteiger partial charge is 0.311 e. The molecule has 6 heteroatoms. The maximum Gasteiger partial charge on any atom is 0.311 e. The summed E-state index contributed by atoms with van der Waals surface area (Å²) in [6.45, 7) is 0. The Bertz CT molecular complexity index is 532. The molecule has 0 atom stereocenters. The largest absolute Gasteiger partial charge is 0.490 e. The Morgan fingerprint density at radius 1 is 1.53 bits per heavy atom. The van der Waals surface area contributed by atoms with Gasteiger partial charge in [-0.3, -0.25) is 10.1 Å². The summed E-state index contributed by atoms with van der Waals surface area (Å²) in [6.07, 6.45) is 0. The lowest BCUT2D eigenvalue weighted by Crippen LogP contribution is -1.93. The van der Waals surface area contributed by atoms with Crippen molar-refractivity contribution in [2.24, 2.45) is 0 Å². The molecule has 0 bridgehead atoms. The molecule has 0 saturated carbocycles. The Morgan fingerprint density at radius 3 is 2.87 bits per heavy atom. The molecular weight excluding hydrogens is 200 g/mol. The molecule has 1 aromatic carbocycles. The van der Waals surface area contributed by atoms with Crippen LogP contribution in [0.3, 0.4) is 0 Å². The molecule has 0 aliphatic carbocycles. The minimum absolute atomic E-state index is 0.106. The van der Waals surface area contributed by atoms with Crippen molar-refractivity contribution >= 4 is 22.5 Å². The number of fused-ring (bicyclic) bond motifs is 1. The highest BCUT2D eigenvalue weighted by Crippen LogP contribution is 2.37. The van der Waals surface area contributed by atoms with Gasteiger partial charge >= 0.3 is 5.69 Å². The van der Waals surface area contributed by atoms with Gasteiger partial charge in [0.1, 0.15) is 5.58 Å². The van der Waals surface area contributed by atoms with E-state index in [1.165, 1.54) is 25.3 Å². The van der Waals surface area contributed by atoms with Gasteiger partial charge in [0, 0.05) is 12.1 Å². The average Bonchev–Trinajstić information content (AvgIpc) is 2.55. The second-order valence-electron chi connectivity index (χ2n) is 2.94. The summed E-state index contributed by atoms with van der Waals surface area (Å²) in [4.78, 5) is 10.2. The van der Waals surface area contributed by atoms with Crippen LogP contribution in [0, 0.1) is 10.1 Å². The fourth-order valence-electron chi connectivity index (χ4n) is 1.45. The van der Waals surface area contributed by atoms with Crippen LogP contribution in [-0.4, -0.2) is 12.0 Å². The van der Waals surface area contributed by atoms with Crippen molar-refractivity contribution < 1.29 is 14.1 Å². The third-order valence-corrected chi connectivity index (χ3v) is 2.05. The Balaban J connectivity index is 2.80. The molecule has 2 aromatic rings. The van der Waals surface area contributed by atoms with E-state index in [9.17, 15) is 10.1 Å². The summed E-state index contributed by atoms with van der Waals surface area (Å²) < 4.78 is 10.1. The number of nitrogens with zero attached hydrogens (tertiary/aromatic N) is 1. The van der Waals surface area contributed by atoms with Crippen LogP contribution in [0.25, 0.3) is 11.0 Å². The first-order chi connectivity index (χ1) is 7.13. The average molecular weight is 208 g/mol. The highest BCUT2D eigenvalue weighted by Gasteiger charge is 2.19. The van der Waals surface area contributed by atoms with E-state index in [1.807, 2.05) is 0 Å². The van der Waals surface area contributed by atoms with Gasteiger partial charge in [-0.25, -0.2) is 0 Å². The van der Waals surface area contributed by atoms with Gasteiger partial charge in [0.15, 0.2) is 5.88 Å². The molecule has 0 aliphatic rings. The quantitative estimate of drug-likeness (QED) is 0.601. The number of nitro groups is 1. The van der Waals surface area contributed by atoms with Crippen molar-refractivity contribution in [1.29, 1.82) is 0 Å². The van der Waals surface area contributed by atoms with E-state index >= 15 is 0 Å². The van der Waals surface area contributed by atoms with Gasteiger partial charge in [-0.05, 0) is 6.07 Å². The molecule has 0 aliphatic heterocycles. The number of nitrogens with two attached hydrogens (primary N) is 1. The zero-order valence-corrected chi connectivity index (χ0v) is 7.89. The number of hydrogen-bond donors (Lipinski definition) is 1. The SMILES string of the molecule is COc1c([N+](=O)[O-])ccc2oc(N)cc12. The number of benzene rings is 1. The zero-order chi connectivity index (χ0) is 11.0. The Morgan fingerprint density at radius 2 is 2.27 bits per heavy atom. The zero-order valence-electron chi connectivity index (χ0n) is 7.89. The normalized spacial score (nSPS) is 10.5. The second kappa shape index (κ2) is 3.16. The first kappa shape index (κ1) is 9.32. The summed E-state index contributed by atoms with van der Waals surface area (Å²) in [5.41, 5.74) is 5.81. The van der Waals surface area contributed by atoms with Gasteiger partial charge in [-0.15, -0.1) is 0 Å². The first-order valence-electron chi connectivity index (χ1n) is 4.14. The third-order valence-electron chi connectivity index (χ3n) is 2.05. The van der Waals surface area contributed by atoms with Crippen molar-refractivity contribution in [1.82, 2.24) is 0 Å². The molecule has 0 spiro atoms. The summed E-state index contributed by atoms with van der Waals surface area (Å²) in [6, 6.07) is 4.32. The minimum atomic E-state index is -0.512. The molecule has 1 heterocycles. The Labute approximate surface area is 84.4 Å². The van der Waals surface area contributed by atoms with Gasteiger partial charge in [0.25, 0.3) is 0 Å².